The standard InChI is InChI=1S/C67H48N2.C2H6/c1-5-23-47(24-6-1)48-25-21-32-53(45-48)68(52-30-11-4-12-31-52)62-40-19-16-36-57(62)55-34-14-13-33-54(55)49-43-44-59-58-37-17-20-41-63(58)69(65(59)46-49)64-42-22-38-60-56-35-15-18-39-61(56)67(66(60)64,50-26-7-2-8-27-50)51-28-9-3-10-29-51;1-2/h1-42,45-46H,43-44H2;1-2H3. The van der Waals surface area contributed by atoms with Gasteiger partial charge in [0.15, 0.2) is 0 Å². The van der Waals surface area contributed by atoms with Crippen LogP contribution in [0.25, 0.3) is 61.6 Å². The van der Waals surface area contributed by atoms with Crippen LogP contribution in [0.2, 0.25) is 0 Å². The van der Waals surface area contributed by atoms with Crippen LogP contribution < -0.4 is 4.90 Å². The summed E-state index contributed by atoms with van der Waals surface area (Å²) in [5.74, 6) is 0. The maximum absolute atomic E-state index is 2.60. The SMILES string of the molecule is C1=C(c2ccccc2-c2ccccc2N(c2ccccc2)c2cccc(-c3ccccc3)c2)CCc2c1n(-c1cccc3c1C(c1ccccc1)(c1ccccc1)c1ccccc1-3)c1ccccc21.CC. The van der Waals surface area contributed by atoms with Crippen molar-refractivity contribution in [2.45, 2.75) is 32.1 Å². The van der Waals surface area contributed by atoms with E-state index in [0.29, 0.717) is 0 Å². The van der Waals surface area contributed by atoms with Crippen molar-refractivity contribution in [2.24, 2.45) is 0 Å². The average molecular weight is 911 g/mol. The number of benzene rings is 10. The smallest absolute Gasteiger partial charge is 0.0734 e. The molecule has 0 radical (unpaired) electrons. The molecule has 0 unspecified atom stereocenters. The van der Waals surface area contributed by atoms with Gasteiger partial charge in [0.05, 0.1) is 28.0 Å². The Kier molecular flexibility index (Phi) is 11.4. The molecule has 0 atom stereocenters. The van der Waals surface area contributed by atoms with Crippen LogP contribution in [-0.2, 0) is 11.8 Å². The topological polar surface area (TPSA) is 8.17 Å². The van der Waals surface area contributed by atoms with Crippen LogP contribution >= 0.6 is 0 Å². The molecule has 1 heterocycles. The van der Waals surface area contributed by atoms with E-state index >= 15 is 0 Å². The Bertz CT molecular complexity index is 3680. The molecule has 0 saturated heterocycles. The molecule has 2 aliphatic rings. The minimum Gasteiger partial charge on any atom is -0.310 e. The van der Waals surface area contributed by atoms with Gasteiger partial charge in [-0.25, -0.2) is 0 Å². The predicted octanol–water partition coefficient (Wildman–Crippen LogP) is 18.3. The van der Waals surface area contributed by atoms with E-state index in [1.54, 1.807) is 0 Å². The number of rotatable bonds is 9. The summed E-state index contributed by atoms with van der Waals surface area (Å²) in [4.78, 5) is 2.42. The lowest BCUT2D eigenvalue weighted by Gasteiger charge is -2.35. The lowest BCUT2D eigenvalue weighted by atomic mass is 9.67. The van der Waals surface area contributed by atoms with Gasteiger partial charge in [0.25, 0.3) is 0 Å². The van der Waals surface area contributed by atoms with E-state index in [9.17, 15) is 0 Å². The van der Waals surface area contributed by atoms with Gasteiger partial charge in [-0.3, -0.25) is 0 Å². The number of aromatic nitrogens is 1. The largest absolute Gasteiger partial charge is 0.310 e. The molecular formula is C69H54N2. The van der Waals surface area contributed by atoms with Crippen LogP contribution in [0.5, 0.6) is 0 Å². The van der Waals surface area contributed by atoms with Crippen molar-refractivity contribution < 1.29 is 0 Å². The first-order valence-corrected chi connectivity index (χ1v) is 25.1. The zero-order valence-electron chi connectivity index (χ0n) is 40.2. The van der Waals surface area contributed by atoms with Gasteiger partial charge in [0.1, 0.15) is 0 Å². The maximum Gasteiger partial charge on any atom is 0.0734 e. The second-order valence-electron chi connectivity index (χ2n) is 18.3. The number of para-hydroxylation sites is 3. The van der Waals surface area contributed by atoms with E-state index in [0.717, 1.165) is 29.9 Å². The van der Waals surface area contributed by atoms with Crippen LogP contribution in [0.4, 0.5) is 17.1 Å². The van der Waals surface area contributed by atoms with Crippen molar-refractivity contribution in [3.05, 3.63) is 300 Å². The number of aryl methyl sites for hydroxylation is 1. The summed E-state index contributed by atoms with van der Waals surface area (Å²) in [6, 6.07) is 95.9. The highest BCUT2D eigenvalue weighted by Gasteiger charge is 2.48. The van der Waals surface area contributed by atoms with Crippen molar-refractivity contribution in [2.75, 3.05) is 4.90 Å². The lowest BCUT2D eigenvalue weighted by Crippen LogP contribution is -2.30. The van der Waals surface area contributed by atoms with E-state index in [-0.39, 0.29) is 0 Å². The molecule has 2 nitrogen and oxygen atoms in total. The molecular weight excluding hydrogens is 857 g/mol. The first-order chi connectivity index (χ1) is 35.3. The summed E-state index contributed by atoms with van der Waals surface area (Å²) in [6.07, 6.45) is 4.38. The third-order valence-electron chi connectivity index (χ3n) is 14.6. The van der Waals surface area contributed by atoms with Gasteiger partial charge in [0, 0.05) is 27.9 Å². The molecule has 0 fully saturated rings. The van der Waals surface area contributed by atoms with Crippen LogP contribution in [0, 0.1) is 0 Å². The van der Waals surface area contributed by atoms with E-state index < -0.39 is 5.41 Å². The first kappa shape index (κ1) is 43.6. The van der Waals surface area contributed by atoms with Crippen LogP contribution in [0.15, 0.2) is 261 Å². The number of fused-ring (bicyclic) bond motifs is 6. The Hall–Kier alpha value is -8.72. The summed E-state index contributed by atoms with van der Waals surface area (Å²) in [7, 11) is 0. The average Bonchev–Trinajstić information content (AvgIpc) is 3.96. The minimum absolute atomic E-state index is 0.550. The van der Waals surface area contributed by atoms with Gasteiger partial charge in [0.2, 0.25) is 0 Å². The number of allylic oxidation sites excluding steroid dienone is 1. The van der Waals surface area contributed by atoms with E-state index in [2.05, 4.69) is 276 Å². The molecule has 0 N–H and O–H groups in total. The maximum atomic E-state index is 2.60. The molecule has 10 aromatic carbocycles. The molecule has 0 saturated carbocycles. The van der Waals surface area contributed by atoms with Crippen molar-refractivity contribution in [1.29, 1.82) is 0 Å². The molecule has 11 aromatic rings. The third kappa shape index (κ3) is 7.26. The zero-order chi connectivity index (χ0) is 47.7. The fourth-order valence-corrected chi connectivity index (χ4v) is 11.7. The summed E-state index contributed by atoms with van der Waals surface area (Å²) in [6.45, 7) is 4.00. The molecule has 0 amide bonds. The molecule has 1 aromatic heterocycles. The second-order valence-corrected chi connectivity index (χ2v) is 18.3. The third-order valence-corrected chi connectivity index (χ3v) is 14.6. The van der Waals surface area contributed by atoms with E-state index in [4.69, 9.17) is 0 Å². The summed E-state index contributed by atoms with van der Waals surface area (Å²) in [5.41, 5.74) is 23.0. The van der Waals surface area contributed by atoms with E-state index in [1.807, 2.05) is 13.8 Å². The number of hydrogen-bond donors (Lipinski definition) is 0. The van der Waals surface area contributed by atoms with Gasteiger partial charge >= 0.3 is 0 Å². The van der Waals surface area contributed by atoms with Crippen LogP contribution in [0.3, 0.4) is 0 Å². The fourth-order valence-electron chi connectivity index (χ4n) is 11.7. The molecule has 0 aliphatic heterocycles. The fraction of sp³-hybridized carbons (Fsp3) is 0.0725. The molecule has 2 aliphatic carbocycles. The van der Waals surface area contributed by atoms with Gasteiger partial charge < -0.3 is 9.47 Å². The second kappa shape index (κ2) is 18.6. The molecule has 0 spiro atoms. The monoisotopic (exact) mass is 910 g/mol. The molecule has 0 bridgehead atoms. The highest BCUT2D eigenvalue weighted by molar-refractivity contribution is 6.01. The van der Waals surface area contributed by atoms with Crippen molar-refractivity contribution in [3.63, 3.8) is 0 Å². The number of nitrogens with zero attached hydrogens (tertiary/aromatic N) is 2. The lowest BCUT2D eigenvalue weighted by molar-refractivity contribution is 0.759. The van der Waals surface area contributed by atoms with Gasteiger partial charge in [-0.2, -0.15) is 0 Å². The molecule has 340 valence electrons. The highest BCUT2D eigenvalue weighted by atomic mass is 15.1. The van der Waals surface area contributed by atoms with Gasteiger partial charge in [-0.05, 0) is 123 Å². The Labute approximate surface area is 418 Å². The van der Waals surface area contributed by atoms with E-state index in [1.165, 1.54) is 94.6 Å². The Morgan fingerprint density at radius 1 is 0.408 bits per heavy atom. The first-order valence-electron chi connectivity index (χ1n) is 25.1. The molecule has 71 heavy (non-hydrogen) atoms. The normalized spacial score (nSPS) is 13.0. The Morgan fingerprint density at radius 2 is 0.944 bits per heavy atom. The van der Waals surface area contributed by atoms with Crippen LogP contribution in [-0.4, -0.2) is 4.57 Å². The summed E-state index contributed by atoms with van der Waals surface area (Å²) < 4.78 is 2.60. The predicted molar refractivity (Wildman–Crippen MR) is 300 cm³/mol. The minimum atomic E-state index is -0.550. The summed E-state index contributed by atoms with van der Waals surface area (Å²) in [5, 5.41) is 1.32. The molecule has 2 heteroatoms. The quantitative estimate of drug-likeness (QED) is 0.140. The molecule has 13 rings (SSSR count). The van der Waals surface area contributed by atoms with Crippen molar-refractivity contribution in [3.8, 4) is 39.1 Å². The number of anilines is 3. The Morgan fingerprint density at radius 3 is 1.68 bits per heavy atom. The number of hydrogen-bond acceptors (Lipinski definition) is 1. The Balaban J connectivity index is 0.00000256. The van der Waals surface area contributed by atoms with Gasteiger partial charge in [-0.1, -0.05) is 232 Å². The van der Waals surface area contributed by atoms with Crippen LogP contribution in [0.1, 0.15) is 59.3 Å². The van der Waals surface area contributed by atoms with Gasteiger partial charge in [-0.15, -0.1) is 0 Å². The van der Waals surface area contributed by atoms with Crippen molar-refractivity contribution >= 4 is 39.6 Å². The zero-order valence-corrected chi connectivity index (χ0v) is 40.2. The highest BCUT2D eigenvalue weighted by Crippen LogP contribution is 2.58. The summed E-state index contributed by atoms with van der Waals surface area (Å²) >= 11 is 0. The van der Waals surface area contributed by atoms with Crippen molar-refractivity contribution in [1.82, 2.24) is 4.57 Å².